The molecular weight excluding hydrogens is 118 g/mol. The van der Waals surface area contributed by atoms with E-state index in [4.69, 9.17) is 17.2 Å². The van der Waals surface area contributed by atoms with Crippen LogP contribution in [0.5, 0.6) is 0 Å². The van der Waals surface area contributed by atoms with Gasteiger partial charge in [0.2, 0.25) is 0 Å². The molecule has 0 bridgehead atoms. The number of rotatable bonds is 0. The van der Waals surface area contributed by atoms with E-state index in [-0.39, 0.29) is 17.9 Å². The van der Waals surface area contributed by atoms with Crippen molar-refractivity contribution in [3.8, 4) is 0 Å². The summed E-state index contributed by atoms with van der Waals surface area (Å²) >= 11 is 0. The minimum Gasteiger partial charge on any atom is -0.326 e. The van der Waals surface area contributed by atoms with Gasteiger partial charge in [-0.05, 0) is 0 Å². The van der Waals surface area contributed by atoms with Crippen molar-refractivity contribution < 1.29 is 4.79 Å². The number of hydrogen-bond acceptors (Lipinski definition) is 4. The van der Waals surface area contributed by atoms with Gasteiger partial charge in [0.25, 0.3) is 0 Å². The van der Waals surface area contributed by atoms with E-state index in [2.05, 4.69) is 0 Å². The normalized spacial score (nSPS) is 43.9. The SMILES string of the molecule is NC1CC(=O)C(N)C1N. The van der Waals surface area contributed by atoms with Gasteiger partial charge in [-0.25, -0.2) is 0 Å². The Morgan fingerprint density at radius 1 is 1.33 bits per heavy atom. The summed E-state index contributed by atoms with van der Waals surface area (Å²) in [5.74, 6) is -0.0185. The van der Waals surface area contributed by atoms with Gasteiger partial charge in [-0.1, -0.05) is 0 Å². The van der Waals surface area contributed by atoms with Crippen molar-refractivity contribution in [2.24, 2.45) is 17.2 Å². The van der Waals surface area contributed by atoms with E-state index in [0.29, 0.717) is 6.42 Å². The molecule has 52 valence electrons. The fourth-order valence-electron chi connectivity index (χ4n) is 0.985. The first kappa shape index (κ1) is 6.67. The molecule has 0 amide bonds. The number of ketones is 1. The lowest BCUT2D eigenvalue weighted by molar-refractivity contribution is -0.118. The Balaban J connectivity index is 2.65. The summed E-state index contributed by atoms with van der Waals surface area (Å²) in [5.41, 5.74) is 16.2. The Hall–Kier alpha value is -0.450. The lowest BCUT2D eigenvalue weighted by Crippen LogP contribution is -2.47. The van der Waals surface area contributed by atoms with Crippen molar-refractivity contribution in [2.45, 2.75) is 24.5 Å². The van der Waals surface area contributed by atoms with E-state index >= 15 is 0 Å². The van der Waals surface area contributed by atoms with Crippen molar-refractivity contribution in [3.63, 3.8) is 0 Å². The lowest BCUT2D eigenvalue weighted by atomic mass is 10.1. The highest BCUT2D eigenvalue weighted by atomic mass is 16.1. The second-order valence-corrected chi connectivity index (χ2v) is 2.44. The maximum absolute atomic E-state index is 10.7. The molecule has 3 atom stereocenters. The summed E-state index contributed by atoms with van der Waals surface area (Å²) in [7, 11) is 0. The first-order valence-electron chi connectivity index (χ1n) is 2.92. The Bertz CT molecular complexity index is 136. The highest BCUT2D eigenvalue weighted by Crippen LogP contribution is 2.09. The van der Waals surface area contributed by atoms with Crippen molar-refractivity contribution in [1.29, 1.82) is 0 Å². The molecule has 1 aliphatic carbocycles. The third-order valence-electron chi connectivity index (χ3n) is 1.72. The van der Waals surface area contributed by atoms with E-state index in [1.807, 2.05) is 0 Å². The van der Waals surface area contributed by atoms with Crippen molar-refractivity contribution in [2.75, 3.05) is 0 Å². The lowest BCUT2D eigenvalue weighted by Gasteiger charge is -2.10. The molecule has 6 N–H and O–H groups in total. The van der Waals surface area contributed by atoms with Gasteiger partial charge in [-0.15, -0.1) is 0 Å². The quantitative estimate of drug-likeness (QED) is 0.350. The van der Waals surface area contributed by atoms with Gasteiger partial charge in [-0.3, -0.25) is 4.79 Å². The number of nitrogens with two attached hydrogens (primary N) is 3. The van der Waals surface area contributed by atoms with Crippen LogP contribution in [0, 0.1) is 0 Å². The average Bonchev–Trinajstić information content (AvgIpc) is 1.98. The first-order valence-corrected chi connectivity index (χ1v) is 2.92. The van der Waals surface area contributed by atoms with Gasteiger partial charge >= 0.3 is 0 Å². The molecule has 0 saturated heterocycles. The zero-order chi connectivity index (χ0) is 7.02. The molecule has 0 aromatic rings. The maximum Gasteiger partial charge on any atom is 0.152 e. The van der Waals surface area contributed by atoms with Crippen LogP contribution in [0.25, 0.3) is 0 Å². The molecule has 0 radical (unpaired) electrons. The average molecular weight is 129 g/mol. The number of carbonyl (C=O) groups is 1. The second-order valence-electron chi connectivity index (χ2n) is 2.44. The van der Waals surface area contributed by atoms with Gasteiger partial charge < -0.3 is 17.2 Å². The Morgan fingerprint density at radius 2 is 1.89 bits per heavy atom. The molecule has 1 rings (SSSR count). The molecule has 0 heterocycles. The summed E-state index contributed by atoms with van der Waals surface area (Å²) in [6.07, 6.45) is 0.336. The monoisotopic (exact) mass is 129 g/mol. The topological polar surface area (TPSA) is 95.1 Å². The molecule has 1 saturated carbocycles. The second kappa shape index (κ2) is 2.06. The first-order chi connectivity index (χ1) is 4.13. The highest BCUT2D eigenvalue weighted by molar-refractivity contribution is 5.88. The van der Waals surface area contributed by atoms with Crippen molar-refractivity contribution >= 4 is 5.78 Å². The molecule has 1 fully saturated rings. The molecule has 9 heavy (non-hydrogen) atoms. The fourth-order valence-corrected chi connectivity index (χ4v) is 0.985. The van der Waals surface area contributed by atoms with Crippen LogP contribution in [-0.4, -0.2) is 23.9 Å². The summed E-state index contributed by atoms with van der Waals surface area (Å²) in [6.45, 7) is 0. The van der Waals surface area contributed by atoms with Crippen LogP contribution in [0.4, 0.5) is 0 Å². The molecule has 0 aromatic heterocycles. The third-order valence-corrected chi connectivity index (χ3v) is 1.72. The van der Waals surface area contributed by atoms with E-state index in [1.54, 1.807) is 0 Å². The smallest absolute Gasteiger partial charge is 0.152 e. The van der Waals surface area contributed by atoms with Crippen LogP contribution in [0.15, 0.2) is 0 Å². The largest absolute Gasteiger partial charge is 0.326 e. The molecule has 0 spiro atoms. The molecule has 4 heteroatoms. The Morgan fingerprint density at radius 3 is 2.00 bits per heavy atom. The predicted octanol–water partition coefficient (Wildman–Crippen LogP) is -2.06. The number of hydrogen-bond donors (Lipinski definition) is 3. The highest BCUT2D eigenvalue weighted by Gasteiger charge is 2.35. The van der Waals surface area contributed by atoms with E-state index in [1.165, 1.54) is 0 Å². The molecule has 0 aromatic carbocycles. The minimum atomic E-state index is -0.528. The Kier molecular flexibility index (Phi) is 1.52. The van der Waals surface area contributed by atoms with Crippen LogP contribution >= 0.6 is 0 Å². The molecular formula is C5H11N3O. The van der Waals surface area contributed by atoms with Crippen LogP contribution in [-0.2, 0) is 4.79 Å². The minimum absolute atomic E-state index is 0.0185. The van der Waals surface area contributed by atoms with Crippen molar-refractivity contribution in [3.05, 3.63) is 0 Å². The van der Waals surface area contributed by atoms with Crippen LogP contribution in [0.3, 0.4) is 0 Å². The zero-order valence-corrected chi connectivity index (χ0v) is 5.08. The third kappa shape index (κ3) is 0.962. The summed E-state index contributed by atoms with van der Waals surface area (Å²) in [5, 5.41) is 0. The maximum atomic E-state index is 10.7. The molecule has 3 unspecified atom stereocenters. The van der Waals surface area contributed by atoms with Gasteiger partial charge in [0.1, 0.15) is 0 Å². The van der Waals surface area contributed by atoms with Crippen LogP contribution < -0.4 is 17.2 Å². The standard InChI is InChI=1S/C5H11N3O/c6-2-1-3(9)5(8)4(2)7/h2,4-5H,1,6-8H2. The van der Waals surface area contributed by atoms with Crippen LogP contribution in [0.1, 0.15) is 6.42 Å². The van der Waals surface area contributed by atoms with Crippen molar-refractivity contribution in [1.82, 2.24) is 0 Å². The van der Waals surface area contributed by atoms with Gasteiger partial charge in [0.05, 0.1) is 6.04 Å². The summed E-state index contributed by atoms with van der Waals surface area (Å²) in [6, 6.07) is -1.09. The zero-order valence-electron chi connectivity index (χ0n) is 5.08. The van der Waals surface area contributed by atoms with E-state index in [0.717, 1.165) is 0 Å². The molecule has 0 aliphatic heterocycles. The van der Waals surface area contributed by atoms with E-state index < -0.39 is 6.04 Å². The molecule has 1 aliphatic rings. The predicted molar refractivity (Wildman–Crippen MR) is 33.6 cm³/mol. The van der Waals surface area contributed by atoms with Gasteiger partial charge in [0.15, 0.2) is 5.78 Å². The number of carbonyl (C=O) groups excluding carboxylic acids is 1. The van der Waals surface area contributed by atoms with E-state index in [9.17, 15) is 4.79 Å². The fraction of sp³-hybridized carbons (Fsp3) is 0.800. The van der Waals surface area contributed by atoms with Gasteiger partial charge in [0, 0.05) is 18.5 Å². The molecule has 4 nitrogen and oxygen atoms in total. The summed E-state index contributed by atoms with van der Waals surface area (Å²) < 4.78 is 0. The Labute approximate surface area is 53.4 Å². The van der Waals surface area contributed by atoms with Crippen LogP contribution in [0.2, 0.25) is 0 Å². The summed E-state index contributed by atoms with van der Waals surface area (Å²) in [4.78, 5) is 10.7. The van der Waals surface area contributed by atoms with Gasteiger partial charge in [-0.2, -0.15) is 0 Å². The number of Topliss-reactive ketones (excluding diaryl/α,β-unsaturated/α-hetero) is 1.